The molecule has 27 heavy (non-hydrogen) atoms. The number of aryl methyl sites for hydroxylation is 1. The van der Waals surface area contributed by atoms with Gasteiger partial charge in [0.2, 0.25) is 0 Å². The van der Waals surface area contributed by atoms with Crippen molar-refractivity contribution in [3.05, 3.63) is 77.9 Å². The molecule has 0 unspecified atom stereocenters. The largest absolute Gasteiger partial charge is 0.453 e. The molecule has 0 spiro atoms. The van der Waals surface area contributed by atoms with Crippen LogP contribution in [0.2, 0.25) is 0 Å². The number of hydrogen-bond donors (Lipinski definition) is 0. The smallest absolute Gasteiger partial charge is 0.151 e. The summed E-state index contributed by atoms with van der Waals surface area (Å²) in [6, 6.07) is 23.4. The van der Waals surface area contributed by atoms with E-state index in [-0.39, 0.29) is 5.41 Å². The molecule has 3 aromatic carbocycles. The molecule has 0 aliphatic carbocycles. The highest BCUT2D eigenvalue weighted by Crippen LogP contribution is 2.51. The minimum Gasteiger partial charge on any atom is -0.453 e. The van der Waals surface area contributed by atoms with Crippen LogP contribution in [0.1, 0.15) is 45.7 Å². The predicted octanol–water partition coefficient (Wildman–Crippen LogP) is 7.89. The number of hydrogen-bond acceptors (Lipinski definition) is 2. The van der Waals surface area contributed by atoms with Crippen LogP contribution in [0.15, 0.2) is 66.7 Å². The molecule has 0 N–H and O–H groups in total. The van der Waals surface area contributed by atoms with Gasteiger partial charge in [0.1, 0.15) is 0 Å². The molecular weight excluding hydrogens is 330 g/mol. The van der Waals surface area contributed by atoms with Crippen molar-refractivity contribution in [3.8, 4) is 11.5 Å². The molecule has 0 bridgehead atoms. The van der Waals surface area contributed by atoms with E-state index in [0.717, 1.165) is 28.6 Å². The van der Waals surface area contributed by atoms with Crippen molar-refractivity contribution in [3.63, 3.8) is 0 Å². The van der Waals surface area contributed by atoms with E-state index in [1.165, 1.54) is 11.1 Å². The second-order valence-electron chi connectivity index (χ2n) is 7.68. The van der Waals surface area contributed by atoms with Gasteiger partial charge in [0.15, 0.2) is 11.5 Å². The van der Waals surface area contributed by atoms with Gasteiger partial charge in [-0.2, -0.15) is 0 Å². The third-order valence-electron chi connectivity index (χ3n) is 4.66. The molecule has 140 valence electrons. The van der Waals surface area contributed by atoms with Crippen LogP contribution < -0.4 is 9.64 Å². The summed E-state index contributed by atoms with van der Waals surface area (Å²) in [4.78, 5) is 2.28. The monoisotopic (exact) mass is 359 g/mol. The van der Waals surface area contributed by atoms with Crippen LogP contribution in [0.5, 0.6) is 11.5 Å². The average Bonchev–Trinajstić information content (AvgIpc) is 2.67. The fourth-order valence-corrected chi connectivity index (χ4v) is 3.24. The minimum absolute atomic E-state index is 0.0862. The van der Waals surface area contributed by atoms with Crippen LogP contribution in [0, 0.1) is 6.92 Å². The standard InChI is InChI=1S/C23H23NO.C2H6/c1-16-10-12-19-21(14-16)25-22-15-17(23(2,3)4)11-13-20(22)24(19)18-8-6-5-7-9-18;1-2/h5-15H,1-4H3;1-2H3. The van der Waals surface area contributed by atoms with Crippen molar-refractivity contribution in [2.24, 2.45) is 0 Å². The Morgan fingerprint density at radius 3 is 1.96 bits per heavy atom. The maximum atomic E-state index is 6.30. The summed E-state index contributed by atoms with van der Waals surface area (Å²) >= 11 is 0. The van der Waals surface area contributed by atoms with Gasteiger partial charge < -0.3 is 9.64 Å². The third-order valence-corrected chi connectivity index (χ3v) is 4.66. The first-order valence-electron chi connectivity index (χ1n) is 9.72. The average molecular weight is 360 g/mol. The highest BCUT2D eigenvalue weighted by atomic mass is 16.5. The molecule has 2 heteroatoms. The second kappa shape index (κ2) is 7.48. The number of nitrogens with zero attached hydrogens (tertiary/aromatic N) is 1. The van der Waals surface area contributed by atoms with Crippen LogP contribution in [0.4, 0.5) is 17.1 Å². The van der Waals surface area contributed by atoms with E-state index in [4.69, 9.17) is 4.74 Å². The zero-order valence-electron chi connectivity index (χ0n) is 17.2. The molecule has 0 fully saturated rings. The molecule has 1 aliphatic heterocycles. The van der Waals surface area contributed by atoms with Crippen LogP contribution >= 0.6 is 0 Å². The maximum absolute atomic E-state index is 6.30. The molecule has 2 nitrogen and oxygen atoms in total. The van der Waals surface area contributed by atoms with Crippen molar-refractivity contribution >= 4 is 17.1 Å². The minimum atomic E-state index is 0.0862. The normalized spacial score (nSPS) is 12.3. The molecule has 0 saturated carbocycles. The molecule has 0 aromatic heterocycles. The molecule has 1 heterocycles. The summed E-state index contributed by atoms with van der Waals surface area (Å²) in [7, 11) is 0. The van der Waals surface area contributed by atoms with Gasteiger partial charge in [-0.1, -0.05) is 65.0 Å². The fourth-order valence-electron chi connectivity index (χ4n) is 3.24. The molecule has 1 aliphatic rings. The summed E-state index contributed by atoms with van der Waals surface area (Å²) in [6.45, 7) is 12.8. The van der Waals surface area contributed by atoms with E-state index in [2.05, 4.69) is 93.3 Å². The Morgan fingerprint density at radius 1 is 0.741 bits per heavy atom. The van der Waals surface area contributed by atoms with Crippen molar-refractivity contribution in [1.29, 1.82) is 0 Å². The highest BCUT2D eigenvalue weighted by molar-refractivity contribution is 5.86. The van der Waals surface area contributed by atoms with Crippen molar-refractivity contribution in [2.45, 2.75) is 47.0 Å². The molecule has 0 saturated heterocycles. The Hall–Kier alpha value is -2.74. The fraction of sp³-hybridized carbons (Fsp3) is 0.280. The molecule has 4 rings (SSSR count). The topological polar surface area (TPSA) is 12.5 Å². The van der Waals surface area contributed by atoms with Crippen LogP contribution in [-0.4, -0.2) is 0 Å². The zero-order valence-corrected chi connectivity index (χ0v) is 17.2. The van der Waals surface area contributed by atoms with Gasteiger partial charge in [-0.3, -0.25) is 0 Å². The number of ether oxygens (including phenoxy) is 1. The first-order valence-corrected chi connectivity index (χ1v) is 9.72. The van der Waals surface area contributed by atoms with Gasteiger partial charge in [0.25, 0.3) is 0 Å². The molecule has 0 radical (unpaired) electrons. The lowest BCUT2D eigenvalue weighted by Crippen LogP contribution is -2.17. The van der Waals surface area contributed by atoms with E-state index in [0.29, 0.717) is 0 Å². The Morgan fingerprint density at radius 2 is 1.33 bits per heavy atom. The Bertz CT molecular complexity index is 923. The summed E-state index contributed by atoms with van der Waals surface area (Å²) < 4.78 is 6.30. The second-order valence-corrected chi connectivity index (χ2v) is 7.68. The Balaban J connectivity index is 0.00000102. The highest BCUT2D eigenvalue weighted by Gasteiger charge is 2.27. The molecule has 3 aromatic rings. The van der Waals surface area contributed by atoms with E-state index in [1.54, 1.807) is 0 Å². The summed E-state index contributed by atoms with van der Waals surface area (Å²) in [6.07, 6.45) is 0. The number of para-hydroxylation sites is 1. The zero-order chi connectivity index (χ0) is 19.6. The maximum Gasteiger partial charge on any atom is 0.151 e. The summed E-state index contributed by atoms with van der Waals surface area (Å²) in [5.74, 6) is 1.82. The predicted molar refractivity (Wildman–Crippen MR) is 116 cm³/mol. The van der Waals surface area contributed by atoms with Crippen LogP contribution in [0.25, 0.3) is 0 Å². The molecular formula is C25H29NO. The van der Waals surface area contributed by atoms with Crippen LogP contribution in [-0.2, 0) is 5.41 Å². The van der Waals surface area contributed by atoms with Gasteiger partial charge >= 0.3 is 0 Å². The van der Waals surface area contributed by atoms with Gasteiger partial charge in [0, 0.05) is 5.69 Å². The summed E-state index contributed by atoms with van der Waals surface area (Å²) in [5.41, 5.74) is 5.85. The third kappa shape index (κ3) is 3.71. The van der Waals surface area contributed by atoms with Gasteiger partial charge in [-0.15, -0.1) is 0 Å². The number of anilines is 3. The lowest BCUT2D eigenvalue weighted by molar-refractivity contribution is 0.472. The molecule has 0 amide bonds. The van der Waals surface area contributed by atoms with Crippen molar-refractivity contribution in [1.82, 2.24) is 0 Å². The van der Waals surface area contributed by atoms with E-state index >= 15 is 0 Å². The van der Waals surface area contributed by atoms with Crippen molar-refractivity contribution in [2.75, 3.05) is 4.90 Å². The Labute approximate surface area is 163 Å². The lowest BCUT2D eigenvalue weighted by Gasteiger charge is -2.34. The first-order chi connectivity index (χ1) is 12.9. The van der Waals surface area contributed by atoms with Crippen molar-refractivity contribution < 1.29 is 4.74 Å². The SMILES string of the molecule is CC.Cc1ccc2c(c1)Oc1cc(C(C)(C)C)ccc1N2c1ccccc1. The van der Waals surface area contributed by atoms with Gasteiger partial charge in [0.05, 0.1) is 11.4 Å². The number of fused-ring (bicyclic) bond motifs is 2. The summed E-state index contributed by atoms with van der Waals surface area (Å²) in [5, 5.41) is 0. The van der Waals surface area contributed by atoms with E-state index < -0.39 is 0 Å². The van der Waals surface area contributed by atoms with Gasteiger partial charge in [-0.05, 0) is 59.9 Å². The number of benzene rings is 3. The van der Waals surface area contributed by atoms with Gasteiger partial charge in [-0.25, -0.2) is 0 Å². The molecule has 0 atom stereocenters. The number of rotatable bonds is 1. The Kier molecular flexibility index (Phi) is 5.27. The first kappa shape index (κ1) is 19.0. The van der Waals surface area contributed by atoms with E-state index in [9.17, 15) is 0 Å². The van der Waals surface area contributed by atoms with E-state index in [1.807, 2.05) is 19.9 Å². The quantitative estimate of drug-likeness (QED) is 0.342. The van der Waals surface area contributed by atoms with Crippen LogP contribution in [0.3, 0.4) is 0 Å². The lowest BCUT2D eigenvalue weighted by atomic mass is 9.86.